The van der Waals surface area contributed by atoms with E-state index in [2.05, 4.69) is 117 Å². The molecule has 0 spiro atoms. The van der Waals surface area contributed by atoms with E-state index in [0.29, 0.717) is 36.9 Å². The molecule has 2 aromatic rings. The molecular formula is C49H70N4O2. The number of likely N-dealkylation sites (N-methyl/N-ethyl adjacent to an activating group) is 1. The number of fused-ring (bicyclic) bond motifs is 10. The Bertz CT molecular complexity index is 1930. The van der Waals surface area contributed by atoms with Gasteiger partial charge < -0.3 is 19.1 Å². The maximum Gasteiger partial charge on any atom is 0.229 e. The number of carbonyl (C=O) groups is 1. The maximum atomic E-state index is 14.8. The Balaban J connectivity index is 1.07. The van der Waals surface area contributed by atoms with E-state index >= 15 is 0 Å². The molecule has 0 radical (unpaired) electrons. The van der Waals surface area contributed by atoms with Gasteiger partial charge in [-0.25, -0.2) is 0 Å². The average molecular weight is 747 g/mol. The van der Waals surface area contributed by atoms with Crippen LogP contribution in [0.15, 0.2) is 35.9 Å². The first kappa shape index (κ1) is 38.0. The third kappa shape index (κ3) is 5.62. The summed E-state index contributed by atoms with van der Waals surface area (Å²) in [7, 11) is 2.22. The molecule has 0 N–H and O–H groups in total. The van der Waals surface area contributed by atoms with E-state index < -0.39 is 0 Å². The summed E-state index contributed by atoms with van der Waals surface area (Å²) >= 11 is 0. The molecule has 298 valence electrons. The minimum Gasteiger partial charge on any atom is -0.378 e. The third-order valence-corrected chi connectivity index (χ3v) is 18.0. The predicted molar refractivity (Wildman–Crippen MR) is 224 cm³/mol. The predicted octanol–water partition coefficient (Wildman–Crippen LogP) is 8.57. The van der Waals surface area contributed by atoms with Crippen molar-refractivity contribution < 1.29 is 9.53 Å². The van der Waals surface area contributed by atoms with Gasteiger partial charge in [0.1, 0.15) is 0 Å². The monoisotopic (exact) mass is 747 g/mol. The Labute approximate surface area is 332 Å². The van der Waals surface area contributed by atoms with Crippen LogP contribution in [0, 0.1) is 56.7 Å². The lowest BCUT2D eigenvalue weighted by Crippen LogP contribution is -2.65. The van der Waals surface area contributed by atoms with Gasteiger partial charge in [-0.2, -0.15) is 0 Å². The van der Waals surface area contributed by atoms with E-state index in [9.17, 15) is 4.79 Å². The molecule has 3 heterocycles. The summed E-state index contributed by atoms with van der Waals surface area (Å²) in [6.07, 6.45) is 13.1. The quantitative estimate of drug-likeness (QED) is 0.233. The smallest absolute Gasteiger partial charge is 0.229 e. The lowest BCUT2D eigenvalue weighted by atomic mass is 9.33. The van der Waals surface area contributed by atoms with Crippen LogP contribution in [0.3, 0.4) is 0 Å². The zero-order chi connectivity index (χ0) is 38.6. The van der Waals surface area contributed by atoms with Gasteiger partial charge in [-0.05, 0) is 116 Å². The largest absolute Gasteiger partial charge is 0.378 e. The molecule has 3 saturated carbocycles. The molecule has 2 saturated heterocycles. The number of nitrogens with zero attached hydrogens (tertiary/aromatic N) is 4. The number of allylic oxidation sites excluding steroid dienone is 2. The minimum atomic E-state index is -0.251. The zero-order valence-corrected chi connectivity index (χ0v) is 35.7. The lowest BCUT2D eigenvalue weighted by Gasteiger charge is -2.71. The number of amides is 1. The van der Waals surface area contributed by atoms with E-state index in [1.807, 2.05) is 0 Å². The molecule has 5 fully saturated rings. The van der Waals surface area contributed by atoms with Crippen LogP contribution in [-0.4, -0.2) is 91.2 Å². The average Bonchev–Trinajstić information content (AvgIpc) is 3.47. The molecule has 9 rings (SSSR count). The van der Waals surface area contributed by atoms with Crippen molar-refractivity contribution >= 4 is 16.8 Å². The number of benzene rings is 1. The van der Waals surface area contributed by atoms with Crippen LogP contribution in [0.25, 0.3) is 10.9 Å². The summed E-state index contributed by atoms with van der Waals surface area (Å²) in [6, 6.07) is 9.25. The molecule has 6 heteroatoms. The Hall–Kier alpha value is -2.59. The molecule has 55 heavy (non-hydrogen) atoms. The van der Waals surface area contributed by atoms with E-state index in [0.717, 1.165) is 97.3 Å². The Morgan fingerprint density at radius 1 is 0.836 bits per heavy atom. The fourth-order valence-corrected chi connectivity index (χ4v) is 14.8. The summed E-state index contributed by atoms with van der Waals surface area (Å²) in [5, 5.41) is 1.45. The third-order valence-electron chi connectivity index (χ3n) is 18.0. The normalized spacial score (nSPS) is 38.4. The Morgan fingerprint density at radius 2 is 1.55 bits per heavy atom. The van der Waals surface area contributed by atoms with Crippen molar-refractivity contribution in [1.29, 1.82) is 0 Å². The molecule has 0 unspecified atom stereocenters. The first-order chi connectivity index (χ1) is 26.1. The van der Waals surface area contributed by atoms with Crippen LogP contribution < -0.4 is 0 Å². The maximum absolute atomic E-state index is 14.8. The van der Waals surface area contributed by atoms with Gasteiger partial charge in [-0.3, -0.25) is 9.69 Å². The summed E-state index contributed by atoms with van der Waals surface area (Å²) in [5.41, 5.74) is 6.71. The fraction of sp³-hybridized carbons (Fsp3) is 0.735. The first-order valence-electron chi connectivity index (χ1n) is 22.2. The number of rotatable bonds is 3. The second-order valence-electron chi connectivity index (χ2n) is 21.5. The second kappa shape index (κ2) is 13.2. The van der Waals surface area contributed by atoms with Gasteiger partial charge in [0.05, 0.1) is 31.7 Å². The van der Waals surface area contributed by atoms with Crippen LogP contribution in [0.5, 0.6) is 0 Å². The van der Waals surface area contributed by atoms with Crippen molar-refractivity contribution in [3.8, 4) is 11.8 Å². The Kier molecular flexibility index (Phi) is 9.12. The van der Waals surface area contributed by atoms with Gasteiger partial charge in [0, 0.05) is 61.3 Å². The number of hydrogen-bond acceptors (Lipinski definition) is 4. The van der Waals surface area contributed by atoms with Gasteiger partial charge in [0.15, 0.2) is 0 Å². The number of carbonyl (C=O) groups excluding carboxylic acids is 1. The fourth-order valence-electron chi connectivity index (χ4n) is 14.8. The molecule has 0 bridgehead atoms. The number of piperazine rings is 1. The van der Waals surface area contributed by atoms with Crippen molar-refractivity contribution in [1.82, 2.24) is 19.3 Å². The molecule has 7 aliphatic rings. The van der Waals surface area contributed by atoms with Gasteiger partial charge in [-0.1, -0.05) is 90.2 Å². The van der Waals surface area contributed by atoms with E-state index in [1.54, 1.807) is 16.8 Å². The van der Waals surface area contributed by atoms with Crippen LogP contribution in [-0.2, 0) is 27.9 Å². The summed E-state index contributed by atoms with van der Waals surface area (Å²) in [6.45, 7) is 27.2. The topological polar surface area (TPSA) is 41.0 Å². The number of aromatic nitrogens is 1. The van der Waals surface area contributed by atoms with Crippen LogP contribution in [0.1, 0.15) is 111 Å². The molecule has 1 aromatic heterocycles. The summed E-state index contributed by atoms with van der Waals surface area (Å²) in [4.78, 5) is 21.9. The first-order valence-corrected chi connectivity index (χ1v) is 22.2. The van der Waals surface area contributed by atoms with Gasteiger partial charge >= 0.3 is 0 Å². The van der Waals surface area contributed by atoms with Crippen LogP contribution >= 0.6 is 0 Å². The molecule has 5 aliphatic carbocycles. The highest BCUT2D eigenvalue weighted by molar-refractivity contribution is 5.87. The number of morpholine rings is 1. The highest BCUT2D eigenvalue weighted by Gasteiger charge is 2.69. The minimum absolute atomic E-state index is 0.0341. The molecule has 2 aliphatic heterocycles. The van der Waals surface area contributed by atoms with E-state index in [4.69, 9.17) is 4.74 Å². The highest BCUT2D eigenvalue weighted by Crippen LogP contribution is 2.75. The van der Waals surface area contributed by atoms with Gasteiger partial charge in [0.25, 0.3) is 0 Å². The van der Waals surface area contributed by atoms with Crippen molar-refractivity contribution in [2.24, 2.45) is 44.8 Å². The van der Waals surface area contributed by atoms with Crippen molar-refractivity contribution in [3.63, 3.8) is 0 Å². The molecule has 1 aromatic carbocycles. The van der Waals surface area contributed by atoms with E-state index in [-0.39, 0.29) is 32.5 Å². The number of hydrogen-bond donors (Lipinski definition) is 0. The van der Waals surface area contributed by atoms with Crippen molar-refractivity contribution in [2.75, 3.05) is 66.1 Å². The second-order valence-corrected chi connectivity index (χ2v) is 21.5. The molecule has 6 nitrogen and oxygen atoms in total. The zero-order valence-electron chi connectivity index (χ0n) is 35.7. The van der Waals surface area contributed by atoms with E-state index in [1.165, 1.54) is 23.7 Å². The molecular weight excluding hydrogens is 677 g/mol. The van der Waals surface area contributed by atoms with Crippen LogP contribution in [0.4, 0.5) is 0 Å². The molecule has 1 amide bonds. The van der Waals surface area contributed by atoms with Crippen molar-refractivity contribution in [2.45, 2.75) is 118 Å². The van der Waals surface area contributed by atoms with Gasteiger partial charge in [-0.15, -0.1) is 0 Å². The standard InChI is InChI=1S/C49H70N4O2/c1-44(2)19-21-49(43(54)52-29-31-55-32-30-52)22-20-47(6)37(38(49)34-44)15-16-41-46(5)33-36-35-13-9-10-14-39(35)53(24-12-11-23-51-27-25-50(8)26-28-51)42(36)45(3,4)40(46)17-18-48(41,47)7/h9-10,13-15,38,40-41H,16-34H2,1-8H3/t38-,40-,41+,46-,47+,48+,49-/m0/s1. The Morgan fingerprint density at radius 3 is 2.31 bits per heavy atom. The number of ether oxygens (including phenoxy) is 1. The van der Waals surface area contributed by atoms with Gasteiger partial charge in [0.2, 0.25) is 5.91 Å². The summed E-state index contributed by atoms with van der Waals surface area (Å²) < 4.78 is 8.35. The SMILES string of the molecule is CN1CCN(CC#CCn2c3c(c4ccccc42)C[C@]2(C)[C@H]4CC=C5[C@@H]6CC(C)(C)CC[C@]6(C(=O)N6CCOCC6)CC[C@@]5(C)[C@]4(C)CC[C@H]2C3(C)C)CC1. The van der Waals surface area contributed by atoms with Crippen LogP contribution in [0.2, 0.25) is 0 Å². The number of para-hydroxylation sites is 1. The molecule has 7 atom stereocenters. The summed E-state index contributed by atoms with van der Waals surface area (Å²) in [5.74, 6) is 9.27. The lowest BCUT2D eigenvalue weighted by molar-refractivity contribution is -0.175. The highest BCUT2D eigenvalue weighted by atomic mass is 16.5. The van der Waals surface area contributed by atoms with Crippen molar-refractivity contribution in [3.05, 3.63) is 47.2 Å².